The second-order valence-electron chi connectivity index (χ2n) is 6.06. The molecule has 0 aliphatic heterocycles. The molecular weight excluding hydrogens is 505 g/mol. The van der Waals surface area contributed by atoms with Gasteiger partial charge in [0.25, 0.3) is 0 Å². The number of aryl methyl sites for hydroxylation is 2. The highest BCUT2D eigenvalue weighted by molar-refractivity contribution is 14.0. The van der Waals surface area contributed by atoms with Crippen LogP contribution in [0.2, 0.25) is 0 Å². The Balaban J connectivity index is 0.00000338. The molecule has 144 valence electrons. The zero-order valence-electron chi connectivity index (χ0n) is 15.8. The first kappa shape index (κ1) is 23.0. The Morgan fingerprint density at radius 3 is 2.73 bits per heavy atom. The van der Waals surface area contributed by atoms with Gasteiger partial charge >= 0.3 is 0 Å². The number of guanidine groups is 1. The summed E-state index contributed by atoms with van der Waals surface area (Å²) in [5.41, 5.74) is 1.26. The molecule has 0 aliphatic carbocycles. The second kappa shape index (κ2) is 12.3. The van der Waals surface area contributed by atoms with Crippen LogP contribution in [0.5, 0.6) is 0 Å². The van der Waals surface area contributed by atoms with Crippen LogP contribution in [0.15, 0.2) is 46.1 Å². The first-order chi connectivity index (χ1) is 12.1. The highest BCUT2D eigenvalue weighted by atomic mass is 127. The minimum atomic E-state index is 0. The summed E-state index contributed by atoms with van der Waals surface area (Å²) in [5.74, 6) is 2.03. The summed E-state index contributed by atoms with van der Waals surface area (Å²) < 4.78 is 3.32. The van der Waals surface area contributed by atoms with Crippen molar-refractivity contribution >= 4 is 45.9 Å². The van der Waals surface area contributed by atoms with Gasteiger partial charge in [0, 0.05) is 50.1 Å². The number of rotatable bonds is 8. The minimum Gasteiger partial charge on any atom is -0.357 e. The molecular formula is C19H29BrIN5. The Labute approximate surface area is 182 Å². The molecule has 1 aromatic carbocycles. The largest absolute Gasteiger partial charge is 0.357 e. The number of unbranched alkanes of at least 4 members (excludes halogenated alkanes) is 1. The normalized spacial score (nSPS) is 11.2. The van der Waals surface area contributed by atoms with Gasteiger partial charge in [-0.05, 0) is 38.3 Å². The smallest absolute Gasteiger partial charge is 0.193 e. The van der Waals surface area contributed by atoms with E-state index in [1.54, 1.807) is 0 Å². The van der Waals surface area contributed by atoms with Crippen molar-refractivity contribution in [1.82, 2.24) is 19.8 Å². The second-order valence-corrected chi connectivity index (χ2v) is 6.91. The van der Waals surface area contributed by atoms with Crippen LogP contribution in [0.1, 0.15) is 31.2 Å². The molecule has 1 aromatic heterocycles. The average Bonchev–Trinajstić information content (AvgIpc) is 3.00. The number of nitrogens with zero attached hydrogens (tertiary/aromatic N) is 4. The van der Waals surface area contributed by atoms with Crippen molar-refractivity contribution in [3.8, 4) is 0 Å². The van der Waals surface area contributed by atoms with Crippen LogP contribution in [0.25, 0.3) is 0 Å². The molecule has 1 N–H and O–H groups in total. The van der Waals surface area contributed by atoms with Gasteiger partial charge in [0.05, 0.1) is 0 Å². The maximum atomic E-state index is 4.77. The molecule has 0 saturated heterocycles. The number of halogens is 2. The van der Waals surface area contributed by atoms with Crippen LogP contribution >= 0.6 is 39.9 Å². The molecule has 0 amide bonds. The lowest BCUT2D eigenvalue weighted by Gasteiger charge is -2.22. The Bertz CT molecular complexity index is 686. The van der Waals surface area contributed by atoms with Crippen LogP contribution in [-0.4, -0.2) is 40.5 Å². The average molecular weight is 534 g/mol. The predicted octanol–water partition coefficient (Wildman–Crippen LogP) is 4.45. The summed E-state index contributed by atoms with van der Waals surface area (Å²) in [6.07, 6.45) is 6.06. The van der Waals surface area contributed by atoms with Gasteiger partial charge in [0.2, 0.25) is 0 Å². The van der Waals surface area contributed by atoms with Crippen molar-refractivity contribution in [2.24, 2.45) is 4.99 Å². The van der Waals surface area contributed by atoms with E-state index in [-0.39, 0.29) is 24.0 Å². The molecule has 0 atom stereocenters. The van der Waals surface area contributed by atoms with Gasteiger partial charge in [0.15, 0.2) is 5.96 Å². The van der Waals surface area contributed by atoms with Gasteiger partial charge in [-0.2, -0.15) is 0 Å². The van der Waals surface area contributed by atoms with Crippen molar-refractivity contribution in [2.45, 2.75) is 39.8 Å². The summed E-state index contributed by atoms with van der Waals surface area (Å²) in [5, 5.41) is 3.38. The third-order valence-corrected chi connectivity index (χ3v) is 4.83. The van der Waals surface area contributed by atoms with Crippen LogP contribution in [0.4, 0.5) is 0 Å². The van der Waals surface area contributed by atoms with Crippen LogP contribution in [0.3, 0.4) is 0 Å². The van der Waals surface area contributed by atoms with Crippen LogP contribution in [-0.2, 0) is 13.1 Å². The van der Waals surface area contributed by atoms with Crippen molar-refractivity contribution in [2.75, 3.05) is 20.1 Å². The zero-order valence-corrected chi connectivity index (χ0v) is 19.7. The molecule has 26 heavy (non-hydrogen) atoms. The lowest BCUT2D eigenvalue weighted by molar-refractivity contribution is 0.474. The number of aromatic nitrogens is 2. The maximum absolute atomic E-state index is 4.77. The summed E-state index contributed by atoms with van der Waals surface area (Å²) in [4.78, 5) is 11.2. The van der Waals surface area contributed by atoms with E-state index in [1.165, 1.54) is 5.56 Å². The van der Waals surface area contributed by atoms with E-state index in [2.05, 4.69) is 67.9 Å². The van der Waals surface area contributed by atoms with Crippen LogP contribution in [0, 0.1) is 6.92 Å². The van der Waals surface area contributed by atoms with E-state index in [9.17, 15) is 0 Å². The highest BCUT2D eigenvalue weighted by Gasteiger charge is 2.08. The molecule has 0 radical (unpaired) electrons. The molecule has 0 saturated carbocycles. The van der Waals surface area contributed by atoms with Gasteiger partial charge < -0.3 is 14.8 Å². The molecule has 2 aromatic rings. The Morgan fingerprint density at radius 2 is 2.08 bits per heavy atom. The van der Waals surface area contributed by atoms with Gasteiger partial charge in [-0.1, -0.05) is 34.1 Å². The van der Waals surface area contributed by atoms with Crippen LogP contribution < -0.4 is 5.32 Å². The first-order valence-corrected chi connectivity index (χ1v) is 9.61. The van der Waals surface area contributed by atoms with E-state index in [4.69, 9.17) is 4.99 Å². The number of benzene rings is 1. The third-order valence-electron chi connectivity index (χ3n) is 4.05. The number of nitrogens with one attached hydrogen (secondary N) is 1. The van der Waals surface area contributed by atoms with E-state index in [0.717, 1.165) is 55.3 Å². The van der Waals surface area contributed by atoms with Crippen molar-refractivity contribution in [3.05, 3.63) is 52.5 Å². The lowest BCUT2D eigenvalue weighted by Crippen LogP contribution is -2.38. The molecule has 1 heterocycles. The zero-order chi connectivity index (χ0) is 18.1. The highest BCUT2D eigenvalue weighted by Crippen LogP contribution is 2.17. The number of imidazole rings is 1. The fourth-order valence-corrected chi connectivity index (χ4v) is 3.06. The van der Waals surface area contributed by atoms with Gasteiger partial charge in [0.1, 0.15) is 5.82 Å². The molecule has 7 heteroatoms. The predicted molar refractivity (Wildman–Crippen MR) is 123 cm³/mol. The van der Waals surface area contributed by atoms with E-state index in [1.807, 2.05) is 25.4 Å². The van der Waals surface area contributed by atoms with Crippen molar-refractivity contribution < 1.29 is 0 Å². The third kappa shape index (κ3) is 7.26. The number of aliphatic imine (C=N–C) groups is 1. The SMILES string of the molecule is CCNC(=NCCCCn1ccnc1C)N(C)Cc1ccccc1Br.I. The minimum absolute atomic E-state index is 0. The van der Waals surface area contributed by atoms with Gasteiger partial charge in [-0.3, -0.25) is 4.99 Å². The van der Waals surface area contributed by atoms with Crippen molar-refractivity contribution in [3.63, 3.8) is 0 Å². The summed E-state index contributed by atoms with van der Waals surface area (Å²) >= 11 is 3.62. The Kier molecular flexibility index (Phi) is 10.9. The molecule has 0 bridgehead atoms. The molecule has 0 spiro atoms. The summed E-state index contributed by atoms with van der Waals surface area (Å²) in [7, 11) is 2.08. The summed E-state index contributed by atoms with van der Waals surface area (Å²) in [6, 6.07) is 8.31. The Morgan fingerprint density at radius 1 is 1.31 bits per heavy atom. The molecule has 0 unspecified atom stereocenters. The maximum Gasteiger partial charge on any atom is 0.193 e. The van der Waals surface area contributed by atoms with E-state index >= 15 is 0 Å². The number of hydrogen-bond donors (Lipinski definition) is 1. The fraction of sp³-hybridized carbons (Fsp3) is 0.474. The lowest BCUT2D eigenvalue weighted by atomic mass is 10.2. The topological polar surface area (TPSA) is 45.5 Å². The standard InChI is InChI=1S/C19H28BrN5.HI/c1-4-21-19(24(3)15-17-9-5-6-10-18(17)20)23-11-7-8-13-25-14-12-22-16(25)2;/h5-6,9-10,12,14H,4,7-8,11,13,15H2,1-3H3,(H,21,23);1H. The first-order valence-electron chi connectivity index (χ1n) is 8.82. The van der Waals surface area contributed by atoms with E-state index < -0.39 is 0 Å². The summed E-state index contributed by atoms with van der Waals surface area (Å²) in [6.45, 7) is 7.66. The van der Waals surface area contributed by atoms with Gasteiger partial charge in [-0.15, -0.1) is 24.0 Å². The Hall–Kier alpha value is -1.09. The molecule has 2 rings (SSSR count). The number of hydrogen-bond acceptors (Lipinski definition) is 2. The van der Waals surface area contributed by atoms with Gasteiger partial charge in [-0.25, -0.2) is 4.98 Å². The van der Waals surface area contributed by atoms with E-state index in [0.29, 0.717) is 0 Å². The molecule has 0 fully saturated rings. The molecule has 5 nitrogen and oxygen atoms in total. The van der Waals surface area contributed by atoms with Crippen molar-refractivity contribution in [1.29, 1.82) is 0 Å². The molecule has 0 aliphatic rings. The monoisotopic (exact) mass is 533 g/mol. The quantitative estimate of drug-likeness (QED) is 0.236. The fourth-order valence-electron chi connectivity index (χ4n) is 2.65.